The van der Waals surface area contributed by atoms with Gasteiger partial charge in [0, 0.05) is 24.7 Å². The van der Waals surface area contributed by atoms with E-state index in [-0.39, 0.29) is 0 Å². The van der Waals surface area contributed by atoms with E-state index in [1.54, 1.807) is 4.90 Å². The molecule has 0 spiro atoms. The number of carbonyl (C=O) groups excluding carboxylic acids is 2. The Balaban J connectivity index is 1.77. The number of hydrogen-bond donors (Lipinski definition) is 1. The first kappa shape index (κ1) is 15.8. The normalized spacial score (nSPS) is 15.4. The fourth-order valence-corrected chi connectivity index (χ4v) is 2.72. The molecule has 1 aromatic rings. The Morgan fingerprint density at radius 3 is 2.52 bits per heavy atom. The van der Waals surface area contributed by atoms with Crippen molar-refractivity contribution in [2.45, 2.75) is 32.1 Å². The Kier molecular flexibility index (Phi) is 6.05. The average molecular weight is 309 g/mol. The van der Waals surface area contributed by atoms with E-state index in [2.05, 4.69) is 5.32 Å². The number of benzene rings is 1. The third kappa shape index (κ3) is 5.05. The summed E-state index contributed by atoms with van der Waals surface area (Å²) in [7, 11) is 0. The first-order valence-corrected chi connectivity index (χ1v) is 7.86. The van der Waals surface area contributed by atoms with Crippen molar-refractivity contribution < 1.29 is 9.59 Å². The van der Waals surface area contributed by atoms with E-state index in [1.807, 2.05) is 24.3 Å². The molecule has 0 saturated carbocycles. The van der Waals surface area contributed by atoms with Gasteiger partial charge in [0.05, 0.1) is 0 Å². The summed E-state index contributed by atoms with van der Waals surface area (Å²) in [6.45, 7) is 1.83. The Morgan fingerprint density at radius 2 is 1.86 bits per heavy atom. The van der Waals surface area contributed by atoms with Crippen molar-refractivity contribution in [3.63, 3.8) is 0 Å². The number of nitrogens with one attached hydrogen (secondary N) is 1. The summed E-state index contributed by atoms with van der Waals surface area (Å²) in [6.07, 6.45) is 4.92. The van der Waals surface area contributed by atoms with Crippen LogP contribution in [0.2, 0.25) is 5.02 Å². The minimum absolute atomic E-state index is 0.400. The molecule has 0 unspecified atom stereocenters. The zero-order valence-corrected chi connectivity index (χ0v) is 12.9. The molecule has 0 aliphatic carbocycles. The molecule has 4 nitrogen and oxygen atoms in total. The van der Waals surface area contributed by atoms with E-state index < -0.39 is 11.8 Å². The van der Waals surface area contributed by atoms with Gasteiger partial charge in [-0.2, -0.15) is 0 Å². The zero-order chi connectivity index (χ0) is 15.1. The van der Waals surface area contributed by atoms with Crippen LogP contribution in [0, 0.1) is 0 Å². The predicted octanol–water partition coefficient (Wildman–Crippen LogP) is 2.40. The summed E-state index contributed by atoms with van der Waals surface area (Å²) >= 11 is 5.91. The maximum Gasteiger partial charge on any atom is 0.311 e. The van der Waals surface area contributed by atoms with Crippen LogP contribution in [0.25, 0.3) is 0 Å². The summed E-state index contributed by atoms with van der Waals surface area (Å²) < 4.78 is 0. The highest BCUT2D eigenvalue weighted by Gasteiger charge is 2.21. The SMILES string of the molecule is O=C(NCCc1cccc(Cl)c1)C(=O)N1CCCCCC1. The van der Waals surface area contributed by atoms with Gasteiger partial charge in [0.1, 0.15) is 0 Å². The highest BCUT2D eigenvalue weighted by Crippen LogP contribution is 2.11. The van der Waals surface area contributed by atoms with Crippen LogP contribution in [-0.2, 0) is 16.0 Å². The van der Waals surface area contributed by atoms with Crippen LogP contribution in [0.1, 0.15) is 31.2 Å². The maximum absolute atomic E-state index is 12.0. The molecule has 0 aromatic heterocycles. The number of halogens is 1. The van der Waals surface area contributed by atoms with Crippen LogP contribution in [0.15, 0.2) is 24.3 Å². The van der Waals surface area contributed by atoms with E-state index in [0.29, 0.717) is 31.1 Å². The number of hydrogen-bond acceptors (Lipinski definition) is 2. The first-order valence-electron chi connectivity index (χ1n) is 7.48. The number of amides is 2. The lowest BCUT2D eigenvalue weighted by atomic mass is 10.1. The first-order chi connectivity index (χ1) is 10.2. The number of nitrogens with zero attached hydrogens (tertiary/aromatic N) is 1. The molecule has 0 bridgehead atoms. The molecule has 1 saturated heterocycles. The van der Waals surface area contributed by atoms with Crippen LogP contribution in [0.5, 0.6) is 0 Å². The van der Waals surface area contributed by atoms with Gasteiger partial charge in [-0.3, -0.25) is 9.59 Å². The average Bonchev–Trinajstić information content (AvgIpc) is 2.75. The second kappa shape index (κ2) is 8.03. The van der Waals surface area contributed by atoms with Gasteiger partial charge < -0.3 is 10.2 Å². The van der Waals surface area contributed by atoms with Crippen LogP contribution >= 0.6 is 11.6 Å². The minimum Gasteiger partial charge on any atom is -0.347 e. The molecule has 1 fully saturated rings. The smallest absolute Gasteiger partial charge is 0.311 e. The van der Waals surface area contributed by atoms with Crippen molar-refractivity contribution in [2.24, 2.45) is 0 Å². The van der Waals surface area contributed by atoms with E-state index in [0.717, 1.165) is 31.2 Å². The fourth-order valence-electron chi connectivity index (χ4n) is 2.51. The molecule has 0 atom stereocenters. The van der Waals surface area contributed by atoms with Crippen LogP contribution in [0.3, 0.4) is 0 Å². The molecule has 1 N–H and O–H groups in total. The van der Waals surface area contributed by atoms with E-state index in [1.165, 1.54) is 0 Å². The molecule has 1 heterocycles. The van der Waals surface area contributed by atoms with Crippen molar-refractivity contribution >= 4 is 23.4 Å². The second-order valence-corrected chi connectivity index (χ2v) is 5.78. The molecule has 5 heteroatoms. The number of likely N-dealkylation sites (tertiary alicyclic amines) is 1. The second-order valence-electron chi connectivity index (χ2n) is 5.34. The fraction of sp³-hybridized carbons (Fsp3) is 0.500. The topological polar surface area (TPSA) is 49.4 Å². The quantitative estimate of drug-likeness (QED) is 0.872. The molecular formula is C16H21ClN2O2. The lowest BCUT2D eigenvalue weighted by Crippen LogP contribution is -2.43. The molecule has 0 radical (unpaired) electrons. The predicted molar refractivity (Wildman–Crippen MR) is 83.2 cm³/mol. The highest BCUT2D eigenvalue weighted by molar-refractivity contribution is 6.35. The number of rotatable bonds is 3. The van der Waals surface area contributed by atoms with Gasteiger partial charge in [0.15, 0.2) is 0 Å². The van der Waals surface area contributed by atoms with E-state index >= 15 is 0 Å². The van der Waals surface area contributed by atoms with Crippen LogP contribution in [0.4, 0.5) is 0 Å². The van der Waals surface area contributed by atoms with Crippen LogP contribution in [-0.4, -0.2) is 36.3 Å². The maximum atomic E-state index is 12.0. The summed E-state index contributed by atoms with van der Waals surface area (Å²) in [5.41, 5.74) is 1.05. The Labute approximate surface area is 130 Å². The monoisotopic (exact) mass is 308 g/mol. The minimum atomic E-state index is -0.501. The van der Waals surface area contributed by atoms with Gasteiger partial charge in [0.2, 0.25) is 0 Å². The highest BCUT2D eigenvalue weighted by atomic mass is 35.5. The molecule has 1 aliphatic heterocycles. The Hall–Kier alpha value is -1.55. The molecule has 2 rings (SSSR count). The molecule has 2 amide bonds. The van der Waals surface area contributed by atoms with Gasteiger partial charge in [-0.15, -0.1) is 0 Å². The van der Waals surface area contributed by atoms with E-state index in [9.17, 15) is 9.59 Å². The summed E-state index contributed by atoms with van der Waals surface area (Å²) in [5.74, 6) is -0.901. The third-order valence-electron chi connectivity index (χ3n) is 3.68. The van der Waals surface area contributed by atoms with Crippen molar-refractivity contribution in [1.29, 1.82) is 0 Å². The molecule has 21 heavy (non-hydrogen) atoms. The van der Waals surface area contributed by atoms with Crippen molar-refractivity contribution in [2.75, 3.05) is 19.6 Å². The summed E-state index contributed by atoms with van der Waals surface area (Å²) in [6, 6.07) is 7.51. The Morgan fingerprint density at radius 1 is 1.14 bits per heavy atom. The molecule has 114 valence electrons. The van der Waals surface area contributed by atoms with Gasteiger partial charge >= 0.3 is 11.8 Å². The van der Waals surface area contributed by atoms with Gasteiger partial charge in [-0.05, 0) is 37.0 Å². The lowest BCUT2D eigenvalue weighted by molar-refractivity contribution is -0.145. The van der Waals surface area contributed by atoms with Gasteiger partial charge in [-0.1, -0.05) is 36.6 Å². The lowest BCUT2D eigenvalue weighted by Gasteiger charge is -2.19. The molecule has 1 aliphatic rings. The van der Waals surface area contributed by atoms with Crippen molar-refractivity contribution in [3.05, 3.63) is 34.9 Å². The summed E-state index contributed by atoms with van der Waals surface area (Å²) in [5, 5.41) is 3.37. The third-order valence-corrected chi connectivity index (χ3v) is 3.91. The van der Waals surface area contributed by atoms with E-state index in [4.69, 9.17) is 11.6 Å². The molecule has 1 aromatic carbocycles. The number of carbonyl (C=O) groups is 2. The molecular weight excluding hydrogens is 288 g/mol. The summed E-state index contributed by atoms with van der Waals surface area (Å²) in [4.78, 5) is 25.6. The van der Waals surface area contributed by atoms with Crippen LogP contribution < -0.4 is 5.32 Å². The van der Waals surface area contributed by atoms with Gasteiger partial charge in [0.25, 0.3) is 0 Å². The zero-order valence-electron chi connectivity index (χ0n) is 12.1. The van der Waals surface area contributed by atoms with Gasteiger partial charge in [-0.25, -0.2) is 0 Å². The van der Waals surface area contributed by atoms with Crippen molar-refractivity contribution in [1.82, 2.24) is 10.2 Å². The standard InChI is InChI=1S/C16H21ClN2O2/c17-14-7-5-6-13(12-14)8-9-18-15(20)16(21)19-10-3-1-2-4-11-19/h5-7,12H,1-4,8-11H2,(H,18,20). The van der Waals surface area contributed by atoms with Crippen molar-refractivity contribution in [3.8, 4) is 0 Å². The largest absolute Gasteiger partial charge is 0.347 e. The Bertz CT molecular complexity index is 497.